The first-order chi connectivity index (χ1) is 12.7. The van der Waals surface area contributed by atoms with E-state index < -0.39 is 23.6 Å². The minimum Gasteiger partial charge on any atom is -0.325 e. The predicted molar refractivity (Wildman–Crippen MR) is 97.0 cm³/mol. The van der Waals surface area contributed by atoms with Gasteiger partial charge in [-0.05, 0) is 24.3 Å². The molecular formula is C18H13Cl2F3N2O2. The quantitative estimate of drug-likeness (QED) is 0.764. The van der Waals surface area contributed by atoms with E-state index in [1.165, 1.54) is 23.1 Å². The van der Waals surface area contributed by atoms with Crippen LogP contribution in [0.25, 0.3) is 0 Å². The number of amides is 2. The molecule has 1 aliphatic heterocycles. The minimum absolute atomic E-state index is 0.00108. The molecule has 1 aliphatic rings. The molecule has 1 atom stereocenters. The van der Waals surface area contributed by atoms with Crippen molar-refractivity contribution in [1.29, 1.82) is 0 Å². The maximum Gasteiger partial charge on any atom is 0.418 e. The van der Waals surface area contributed by atoms with E-state index in [0.29, 0.717) is 5.69 Å². The van der Waals surface area contributed by atoms with Gasteiger partial charge in [-0.25, -0.2) is 0 Å². The zero-order chi connectivity index (χ0) is 19.8. The third-order valence-corrected chi connectivity index (χ3v) is 5.02. The topological polar surface area (TPSA) is 49.4 Å². The van der Waals surface area contributed by atoms with E-state index in [-0.39, 0.29) is 34.6 Å². The number of halogens is 5. The number of carbonyl (C=O) groups excluding carboxylic acids is 2. The van der Waals surface area contributed by atoms with Crippen LogP contribution in [0.1, 0.15) is 12.0 Å². The number of benzene rings is 2. The molecule has 9 heteroatoms. The van der Waals surface area contributed by atoms with Crippen LogP contribution >= 0.6 is 23.2 Å². The third-order valence-electron chi connectivity index (χ3n) is 4.21. The Hall–Kier alpha value is -2.25. The summed E-state index contributed by atoms with van der Waals surface area (Å²) >= 11 is 12.1. The number of nitrogens with one attached hydrogen (secondary N) is 1. The average Bonchev–Trinajstić information content (AvgIpc) is 2.99. The Morgan fingerprint density at radius 1 is 1.11 bits per heavy atom. The van der Waals surface area contributed by atoms with E-state index in [2.05, 4.69) is 5.32 Å². The number of anilines is 2. The molecule has 0 saturated carbocycles. The molecule has 0 bridgehead atoms. The SMILES string of the molecule is O=C(Nc1ccccc1C(F)(F)F)[C@H]1CC(=O)N(c2cccc(Cl)c2Cl)C1. The Balaban J connectivity index is 1.78. The highest BCUT2D eigenvalue weighted by Gasteiger charge is 2.38. The molecule has 1 N–H and O–H groups in total. The molecule has 0 aliphatic carbocycles. The van der Waals surface area contributed by atoms with E-state index in [1.807, 2.05) is 0 Å². The molecule has 2 aromatic carbocycles. The van der Waals surface area contributed by atoms with E-state index in [1.54, 1.807) is 18.2 Å². The average molecular weight is 417 g/mol. The molecule has 0 spiro atoms. The highest BCUT2D eigenvalue weighted by molar-refractivity contribution is 6.44. The van der Waals surface area contributed by atoms with Gasteiger partial charge in [0.1, 0.15) is 0 Å². The fraction of sp³-hybridized carbons (Fsp3) is 0.222. The van der Waals surface area contributed by atoms with Gasteiger partial charge in [0.2, 0.25) is 11.8 Å². The summed E-state index contributed by atoms with van der Waals surface area (Å²) in [5.74, 6) is -1.84. The normalized spacial score (nSPS) is 17.3. The van der Waals surface area contributed by atoms with Gasteiger partial charge in [0.15, 0.2) is 0 Å². The van der Waals surface area contributed by atoms with Gasteiger partial charge in [-0.1, -0.05) is 41.4 Å². The molecule has 0 unspecified atom stereocenters. The van der Waals surface area contributed by atoms with Crippen molar-refractivity contribution in [1.82, 2.24) is 0 Å². The zero-order valence-corrected chi connectivity index (χ0v) is 15.2. The summed E-state index contributed by atoms with van der Waals surface area (Å²) in [5.41, 5.74) is -0.931. The lowest BCUT2D eigenvalue weighted by molar-refractivity contribution is -0.137. The van der Waals surface area contributed by atoms with Gasteiger partial charge in [0.05, 0.1) is 32.9 Å². The van der Waals surface area contributed by atoms with Crippen LogP contribution in [0.5, 0.6) is 0 Å². The highest BCUT2D eigenvalue weighted by atomic mass is 35.5. The van der Waals surface area contributed by atoms with E-state index in [9.17, 15) is 22.8 Å². The standard InChI is InChI=1S/C18H13Cl2F3N2O2/c19-12-5-3-7-14(16(12)20)25-9-10(8-15(25)26)17(27)24-13-6-2-1-4-11(13)18(21,22)23/h1-7,10H,8-9H2,(H,24,27)/t10-/m0/s1. The van der Waals surface area contributed by atoms with Crippen molar-refractivity contribution in [2.45, 2.75) is 12.6 Å². The number of para-hydroxylation sites is 1. The smallest absolute Gasteiger partial charge is 0.325 e. The summed E-state index contributed by atoms with van der Waals surface area (Å²) in [5, 5.41) is 2.72. The molecular weight excluding hydrogens is 404 g/mol. The predicted octanol–water partition coefficient (Wildman–Crippen LogP) is 5.00. The number of carbonyl (C=O) groups is 2. The maximum absolute atomic E-state index is 13.1. The molecule has 142 valence electrons. The van der Waals surface area contributed by atoms with Crippen LogP contribution in [0.15, 0.2) is 42.5 Å². The van der Waals surface area contributed by atoms with Gasteiger partial charge in [0.25, 0.3) is 0 Å². The second kappa shape index (κ2) is 7.40. The molecule has 2 amide bonds. The van der Waals surface area contributed by atoms with Crippen molar-refractivity contribution in [2.24, 2.45) is 5.92 Å². The zero-order valence-electron chi connectivity index (χ0n) is 13.7. The molecule has 27 heavy (non-hydrogen) atoms. The summed E-state index contributed by atoms with van der Waals surface area (Å²) in [6.07, 6.45) is -4.74. The number of nitrogens with zero attached hydrogens (tertiary/aromatic N) is 1. The third kappa shape index (κ3) is 4.04. The van der Waals surface area contributed by atoms with Crippen LogP contribution in [0, 0.1) is 5.92 Å². The van der Waals surface area contributed by atoms with E-state index in [4.69, 9.17) is 23.2 Å². The van der Waals surface area contributed by atoms with Crippen LogP contribution in [0.3, 0.4) is 0 Å². The molecule has 2 aromatic rings. The summed E-state index contributed by atoms with van der Waals surface area (Å²) in [6, 6.07) is 9.45. The van der Waals surface area contributed by atoms with Gasteiger partial charge in [-0.3, -0.25) is 9.59 Å². The summed E-state index contributed by atoms with van der Waals surface area (Å²) in [6.45, 7) is -0.00108. The Morgan fingerprint density at radius 3 is 2.52 bits per heavy atom. The van der Waals surface area contributed by atoms with Crippen molar-refractivity contribution in [3.8, 4) is 0 Å². The lowest BCUT2D eigenvalue weighted by Crippen LogP contribution is -2.28. The second-order valence-electron chi connectivity index (χ2n) is 6.01. The first-order valence-corrected chi connectivity index (χ1v) is 8.65. The minimum atomic E-state index is -4.60. The van der Waals surface area contributed by atoms with Crippen LogP contribution in [-0.2, 0) is 15.8 Å². The van der Waals surface area contributed by atoms with Gasteiger partial charge in [-0.15, -0.1) is 0 Å². The van der Waals surface area contributed by atoms with Crippen LogP contribution in [0.4, 0.5) is 24.5 Å². The monoisotopic (exact) mass is 416 g/mol. The van der Waals surface area contributed by atoms with Crippen LogP contribution in [0.2, 0.25) is 10.0 Å². The number of hydrogen-bond donors (Lipinski definition) is 1. The van der Waals surface area contributed by atoms with Gasteiger partial charge in [0, 0.05) is 13.0 Å². The fourth-order valence-electron chi connectivity index (χ4n) is 2.89. The van der Waals surface area contributed by atoms with Gasteiger partial charge in [-0.2, -0.15) is 13.2 Å². The lowest BCUT2D eigenvalue weighted by Gasteiger charge is -2.19. The number of hydrogen-bond acceptors (Lipinski definition) is 2. The van der Waals surface area contributed by atoms with Crippen LogP contribution in [-0.4, -0.2) is 18.4 Å². The Labute approximate surface area is 162 Å². The van der Waals surface area contributed by atoms with Crippen molar-refractivity contribution in [3.63, 3.8) is 0 Å². The first kappa shape index (κ1) is 19.5. The highest BCUT2D eigenvalue weighted by Crippen LogP contribution is 2.37. The van der Waals surface area contributed by atoms with Crippen molar-refractivity contribution < 1.29 is 22.8 Å². The summed E-state index contributed by atoms with van der Waals surface area (Å²) < 4.78 is 39.2. The summed E-state index contributed by atoms with van der Waals surface area (Å²) in [7, 11) is 0. The summed E-state index contributed by atoms with van der Waals surface area (Å²) in [4.78, 5) is 26.1. The molecule has 3 rings (SSSR count). The number of rotatable bonds is 3. The molecule has 4 nitrogen and oxygen atoms in total. The van der Waals surface area contributed by atoms with Crippen molar-refractivity contribution in [3.05, 3.63) is 58.1 Å². The van der Waals surface area contributed by atoms with Gasteiger partial charge < -0.3 is 10.2 Å². The Morgan fingerprint density at radius 2 is 1.81 bits per heavy atom. The molecule has 1 saturated heterocycles. The van der Waals surface area contributed by atoms with E-state index in [0.717, 1.165) is 6.07 Å². The molecule has 0 aromatic heterocycles. The fourth-order valence-corrected chi connectivity index (χ4v) is 3.29. The molecule has 1 fully saturated rings. The second-order valence-corrected chi connectivity index (χ2v) is 6.80. The first-order valence-electron chi connectivity index (χ1n) is 7.90. The van der Waals surface area contributed by atoms with Gasteiger partial charge >= 0.3 is 6.18 Å². The Kier molecular flexibility index (Phi) is 5.35. The Bertz CT molecular complexity index is 902. The van der Waals surface area contributed by atoms with Crippen molar-refractivity contribution >= 4 is 46.4 Å². The molecule has 0 radical (unpaired) electrons. The van der Waals surface area contributed by atoms with Crippen molar-refractivity contribution in [2.75, 3.05) is 16.8 Å². The van der Waals surface area contributed by atoms with E-state index >= 15 is 0 Å². The largest absolute Gasteiger partial charge is 0.418 e. The maximum atomic E-state index is 13.1. The van der Waals surface area contributed by atoms with Crippen LogP contribution < -0.4 is 10.2 Å². The lowest BCUT2D eigenvalue weighted by atomic mass is 10.1. The molecule has 1 heterocycles. The number of alkyl halides is 3.